The summed E-state index contributed by atoms with van der Waals surface area (Å²) in [5.74, 6) is 1.13. The molecule has 5 nitrogen and oxygen atoms in total. The number of nitrogens with one attached hydrogen (secondary N) is 2. The fraction of sp³-hybridized carbons (Fsp3) is 0.600. The lowest BCUT2D eigenvalue weighted by Crippen LogP contribution is -2.49. The Morgan fingerprint density at radius 1 is 1.27 bits per heavy atom. The Labute approximate surface area is 160 Å². The number of thioether (sulfide) groups is 1. The maximum absolute atomic E-state index is 12.9. The monoisotopic (exact) mass is 375 g/mol. The first-order valence-electron chi connectivity index (χ1n) is 9.36. The minimum absolute atomic E-state index is 0.0386. The van der Waals surface area contributed by atoms with Crippen LogP contribution in [0.3, 0.4) is 0 Å². The van der Waals surface area contributed by atoms with Crippen molar-refractivity contribution >= 4 is 23.6 Å². The van der Waals surface area contributed by atoms with Crippen LogP contribution in [0.5, 0.6) is 0 Å². The zero-order chi connectivity index (χ0) is 18.7. The maximum Gasteiger partial charge on any atom is 0.255 e. The Hall–Kier alpha value is -1.53. The average molecular weight is 376 g/mol. The first-order chi connectivity index (χ1) is 12.4. The van der Waals surface area contributed by atoms with E-state index in [1.807, 2.05) is 24.3 Å². The van der Waals surface area contributed by atoms with Crippen molar-refractivity contribution in [2.24, 2.45) is 0 Å². The highest BCUT2D eigenvalue weighted by molar-refractivity contribution is 7.99. The number of hydrogen-bond acceptors (Lipinski definition) is 4. The lowest BCUT2D eigenvalue weighted by atomic mass is 9.86. The van der Waals surface area contributed by atoms with Gasteiger partial charge in [0.2, 0.25) is 5.91 Å². The van der Waals surface area contributed by atoms with Crippen molar-refractivity contribution in [1.82, 2.24) is 15.5 Å². The van der Waals surface area contributed by atoms with Crippen LogP contribution in [0, 0.1) is 0 Å². The Morgan fingerprint density at radius 2 is 2.00 bits per heavy atom. The van der Waals surface area contributed by atoms with E-state index in [9.17, 15) is 9.59 Å². The lowest BCUT2D eigenvalue weighted by Gasteiger charge is -2.24. The molecule has 6 heteroatoms. The largest absolute Gasteiger partial charge is 0.353 e. The van der Waals surface area contributed by atoms with E-state index in [1.54, 1.807) is 16.7 Å². The molecule has 0 radical (unpaired) electrons. The Balaban J connectivity index is 1.63. The van der Waals surface area contributed by atoms with Crippen LogP contribution < -0.4 is 10.6 Å². The molecule has 2 unspecified atom stereocenters. The number of carbonyl (C=O) groups is 2. The molecule has 0 spiro atoms. The molecule has 1 aromatic rings. The van der Waals surface area contributed by atoms with Gasteiger partial charge in [0.15, 0.2) is 0 Å². The summed E-state index contributed by atoms with van der Waals surface area (Å²) in [6, 6.07) is 7.76. The van der Waals surface area contributed by atoms with Crippen LogP contribution in [0.4, 0.5) is 0 Å². The summed E-state index contributed by atoms with van der Waals surface area (Å²) in [6.45, 7) is 8.12. The van der Waals surface area contributed by atoms with E-state index in [-0.39, 0.29) is 23.3 Å². The van der Waals surface area contributed by atoms with E-state index in [1.165, 1.54) is 5.56 Å². The van der Waals surface area contributed by atoms with Gasteiger partial charge in [-0.3, -0.25) is 9.59 Å². The first-order valence-corrected chi connectivity index (χ1v) is 10.5. The van der Waals surface area contributed by atoms with Crippen molar-refractivity contribution in [3.63, 3.8) is 0 Å². The van der Waals surface area contributed by atoms with Crippen molar-refractivity contribution in [3.8, 4) is 0 Å². The van der Waals surface area contributed by atoms with E-state index < -0.39 is 0 Å². The van der Waals surface area contributed by atoms with Crippen LogP contribution in [-0.4, -0.2) is 53.5 Å². The molecule has 2 fully saturated rings. The Kier molecular flexibility index (Phi) is 5.92. The van der Waals surface area contributed by atoms with Gasteiger partial charge in [-0.1, -0.05) is 32.9 Å². The molecular weight excluding hydrogens is 346 g/mol. The SMILES string of the molecule is CC(C)(C)c1ccc(C(=O)N2CSCC2C(=O)NCC2CCCN2)cc1. The third kappa shape index (κ3) is 4.41. The van der Waals surface area contributed by atoms with Crippen molar-refractivity contribution in [2.75, 3.05) is 24.7 Å². The highest BCUT2D eigenvalue weighted by atomic mass is 32.2. The van der Waals surface area contributed by atoms with Gasteiger partial charge < -0.3 is 15.5 Å². The summed E-state index contributed by atoms with van der Waals surface area (Å²) >= 11 is 1.64. The van der Waals surface area contributed by atoms with Crippen LogP contribution in [0.25, 0.3) is 0 Å². The van der Waals surface area contributed by atoms with Gasteiger partial charge in [0.05, 0.1) is 5.88 Å². The summed E-state index contributed by atoms with van der Waals surface area (Å²) in [7, 11) is 0. The minimum Gasteiger partial charge on any atom is -0.353 e. The maximum atomic E-state index is 12.9. The van der Waals surface area contributed by atoms with Gasteiger partial charge in [-0.25, -0.2) is 0 Å². The molecule has 142 valence electrons. The third-order valence-corrected chi connectivity index (χ3v) is 6.14. The van der Waals surface area contributed by atoms with E-state index in [0.29, 0.717) is 29.8 Å². The number of nitrogens with zero attached hydrogens (tertiary/aromatic N) is 1. The van der Waals surface area contributed by atoms with E-state index in [0.717, 1.165) is 19.4 Å². The van der Waals surface area contributed by atoms with E-state index >= 15 is 0 Å². The molecule has 0 aromatic heterocycles. The quantitative estimate of drug-likeness (QED) is 0.848. The topological polar surface area (TPSA) is 61.4 Å². The zero-order valence-electron chi connectivity index (χ0n) is 15.9. The van der Waals surface area contributed by atoms with Gasteiger partial charge in [0.25, 0.3) is 5.91 Å². The van der Waals surface area contributed by atoms with Crippen molar-refractivity contribution in [3.05, 3.63) is 35.4 Å². The number of rotatable bonds is 4. The normalized spacial score (nSPS) is 23.3. The standard InChI is InChI=1S/C20H29N3O2S/c1-20(2,3)15-8-6-14(7-9-15)19(25)23-13-26-12-17(23)18(24)22-11-16-5-4-10-21-16/h6-9,16-17,21H,4-5,10-13H2,1-3H3,(H,22,24). The van der Waals surface area contributed by atoms with Crippen molar-refractivity contribution in [1.29, 1.82) is 0 Å². The highest BCUT2D eigenvalue weighted by Crippen LogP contribution is 2.26. The van der Waals surface area contributed by atoms with Gasteiger partial charge in [-0.05, 0) is 42.5 Å². The van der Waals surface area contributed by atoms with Crippen molar-refractivity contribution < 1.29 is 9.59 Å². The average Bonchev–Trinajstić information content (AvgIpc) is 3.30. The van der Waals surface area contributed by atoms with Gasteiger partial charge >= 0.3 is 0 Å². The zero-order valence-corrected chi connectivity index (χ0v) is 16.7. The molecule has 2 aliphatic heterocycles. The third-order valence-electron chi connectivity index (χ3n) is 5.13. The molecule has 0 saturated carbocycles. The van der Waals surface area contributed by atoms with E-state index in [4.69, 9.17) is 0 Å². The van der Waals surface area contributed by atoms with Gasteiger partial charge in [-0.2, -0.15) is 0 Å². The van der Waals surface area contributed by atoms with E-state index in [2.05, 4.69) is 31.4 Å². The van der Waals surface area contributed by atoms with Gasteiger partial charge in [0, 0.05) is 23.9 Å². The smallest absolute Gasteiger partial charge is 0.255 e. The highest BCUT2D eigenvalue weighted by Gasteiger charge is 2.35. The number of amides is 2. The molecule has 2 aliphatic rings. The minimum atomic E-state index is -0.379. The molecule has 26 heavy (non-hydrogen) atoms. The number of hydrogen-bond donors (Lipinski definition) is 2. The lowest BCUT2D eigenvalue weighted by molar-refractivity contribution is -0.124. The van der Waals surface area contributed by atoms with Gasteiger partial charge in [-0.15, -0.1) is 11.8 Å². The fourth-order valence-corrected chi connectivity index (χ4v) is 4.57. The molecule has 2 heterocycles. The van der Waals surface area contributed by atoms with Crippen LogP contribution in [0.15, 0.2) is 24.3 Å². The first kappa shape index (κ1) is 19.2. The summed E-state index contributed by atoms with van der Waals surface area (Å²) in [5.41, 5.74) is 1.90. The molecule has 2 saturated heterocycles. The molecule has 2 N–H and O–H groups in total. The summed E-state index contributed by atoms with van der Waals surface area (Å²) < 4.78 is 0. The molecule has 1 aromatic carbocycles. The van der Waals surface area contributed by atoms with Crippen LogP contribution in [-0.2, 0) is 10.2 Å². The number of carbonyl (C=O) groups excluding carboxylic acids is 2. The molecule has 0 bridgehead atoms. The predicted octanol–water partition coefficient (Wildman–Crippen LogP) is 2.37. The Bertz CT molecular complexity index is 648. The molecule has 0 aliphatic carbocycles. The van der Waals surface area contributed by atoms with Crippen LogP contribution in [0.1, 0.15) is 49.5 Å². The fourth-order valence-electron chi connectivity index (χ4n) is 3.41. The molecule has 3 rings (SSSR count). The molecular formula is C20H29N3O2S. The number of benzene rings is 1. The second-order valence-corrected chi connectivity index (χ2v) is 9.16. The van der Waals surface area contributed by atoms with Crippen molar-refractivity contribution in [2.45, 2.75) is 51.1 Å². The van der Waals surface area contributed by atoms with Crippen LogP contribution >= 0.6 is 11.8 Å². The Morgan fingerprint density at radius 3 is 2.62 bits per heavy atom. The molecule has 2 amide bonds. The second kappa shape index (κ2) is 8.01. The summed E-state index contributed by atoms with van der Waals surface area (Å²) in [5, 5.41) is 6.40. The predicted molar refractivity (Wildman–Crippen MR) is 106 cm³/mol. The van der Waals surface area contributed by atoms with Gasteiger partial charge in [0.1, 0.15) is 6.04 Å². The summed E-state index contributed by atoms with van der Waals surface area (Å²) in [6.07, 6.45) is 2.26. The molecule has 2 atom stereocenters. The van der Waals surface area contributed by atoms with Crippen LogP contribution in [0.2, 0.25) is 0 Å². The second-order valence-electron chi connectivity index (χ2n) is 8.16. The summed E-state index contributed by atoms with van der Waals surface area (Å²) in [4.78, 5) is 27.2.